The van der Waals surface area contributed by atoms with Gasteiger partial charge in [0, 0.05) is 17.1 Å². The van der Waals surface area contributed by atoms with Crippen LogP contribution in [0.1, 0.15) is 26.2 Å². The zero-order valence-corrected chi connectivity index (χ0v) is 10.4. The van der Waals surface area contributed by atoms with Crippen LogP contribution in [0.25, 0.3) is 0 Å². The molecular formula is C12H15ClN2O2. The summed E-state index contributed by atoms with van der Waals surface area (Å²) in [5.74, 6) is 0.560. The fourth-order valence-corrected chi connectivity index (χ4v) is 2.50. The van der Waals surface area contributed by atoms with Crippen molar-refractivity contribution in [1.29, 1.82) is 0 Å². The highest BCUT2D eigenvalue weighted by Gasteiger charge is 2.25. The number of anilines is 1. The van der Waals surface area contributed by atoms with E-state index in [1.165, 1.54) is 18.9 Å². The molecule has 5 heteroatoms. The number of hydrogen-bond donors (Lipinski definition) is 1. The molecule has 2 unspecified atom stereocenters. The Hall–Kier alpha value is -1.29. The molecule has 2 rings (SSSR count). The van der Waals surface area contributed by atoms with Crippen molar-refractivity contribution in [3.05, 3.63) is 33.3 Å². The van der Waals surface area contributed by atoms with Crippen LogP contribution in [0.15, 0.2) is 18.2 Å². The van der Waals surface area contributed by atoms with Crippen molar-refractivity contribution in [2.45, 2.75) is 32.2 Å². The van der Waals surface area contributed by atoms with Gasteiger partial charge in [0.2, 0.25) is 0 Å². The van der Waals surface area contributed by atoms with Gasteiger partial charge in [-0.05, 0) is 30.9 Å². The average Bonchev–Trinajstić information content (AvgIpc) is 2.67. The van der Waals surface area contributed by atoms with Crippen molar-refractivity contribution in [2.75, 3.05) is 5.32 Å². The topological polar surface area (TPSA) is 55.2 Å². The van der Waals surface area contributed by atoms with E-state index in [1.54, 1.807) is 12.1 Å². The Kier molecular flexibility index (Phi) is 3.52. The fourth-order valence-electron chi connectivity index (χ4n) is 2.34. The second-order valence-corrected chi connectivity index (χ2v) is 5.01. The van der Waals surface area contributed by atoms with Crippen LogP contribution in [0.2, 0.25) is 5.02 Å². The van der Waals surface area contributed by atoms with Crippen LogP contribution in [0.5, 0.6) is 0 Å². The summed E-state index contributed by atoms with van der Waals surface area (Å²) in [7, 11) is 0. The monoisotopic (exact) mass is 254 g/mol. The Labute approximate surface area is 105 Å². The molecule has 4 nitrogen and oxygen atoms in total. The first-order chi connectivity index (χ1) is 8.08. The number of nitro benzene ring substituents is 1. The Bertz CT molecular complexity index is 437. The molecule has 0 saturated heterocycles. The molecule has 0 spiro atoms. The smallest absolute Gasteiger partial charge is 0.293 e. The third-order valence-electron chi connectivity index (χ3n) is 3.36. The molecule has 2 atom stereocenters. The minimum absolute atomic E-state index is 0.0524. The van der Waals surface area contributed by atoms with Gasteiger partial charge in [0.25, 0.3) is 5.69 Å². The highest BCUT2D eigenvalue weighted by molar-refractivity contribution is 6.30. The number of benzene rings is 1. The Morgan fingerprint density at radius 3 is 2.82 bits per heavy atom. The fraction of sp³-hybridized carbons (Fsp3) is 0.500. The molecule has 1 N–H and O–H groups in total. The van der Waals surface area contributed by atoms with Crippen molar-refractivity contribution in [1.82, 2.24) is 0 Å². The van der Waals surface area contributed by atoms with Crippen molar-refractivity contribution in [3.8, 4) is 0 Å². The van der Waals surface area contributed by atoms with E-state index >= 15 is 0 Å². The molecule has 1 aliphatic rings. The van der Waals surface area contributed by atoms with Crippen LogP contribution < -0.4 is 5.32 Å². The van der Waals surface area contributed by atoms with Gasteiger partial charge in [-0.2, -0.15) is 0 Å². The molecule has 0 bridgehead atoms. The van der Waals surface area contributed by atoms with Gasteiger partial charge < -0.3 is 5.32 Å². The zero-order chi connectivity index (χ0) is 12.4. The minimum Gasteiger partial charge on any atom is -0.376 e. The maximum absolute atomic E-state index is 10.9. The highest BCUT2D eigenvalue weighted by atomic mass is 35.5. The quantitative estimate of drug-likeness (QED) is 0.658. The van der Waals surface area contributed by atoms with E-state index in [-0.39, 0.29) is 5.69 Å². The van der Waals surface area contributed by atoms with Gasteiger partial charge in [-0.3, -0.25) is 10.1 Å². The highest BCUT2D eigenvalue weighted by Crippen LogP contribution is 2.33. The van der Waals surface area contributed by atoms with Crippen LogP contribution in [0, 0.1) is 16.0 Å². The predicted octanol–water partition coefficient (Wildman–Crippen LogP) is 3.85. The molecule has 92 valence electrons. The molecule has 0 heterocycles. The number of nitrogens with one attached hydrogen (secondary N) is 1. The molecule has 1 saturated carbocycles. The van der Waals surface area contributed by atoms with Gasteiger partial charge in [-0.25, -0.2) is 0 Å². The third kappa shape index (κ3) is 2.69. The summed E-state index contributed by atoms with van der Waals surface area (Å²) in [4.78, 5) is 10.5. The van der Waals surface area contributed by atoms with Crippen molar-refractivity contribution in [3.63, 3.8) is 0 Å². The van der Waals surface area contributed by atoms with Crippen LogP contribution in [0.3, 0.4) is 0 Å². The van der Waals surface area contributed by atoms with E-state index in [0.717, 1.165) is 6.42 Å². The summed E-state index contributed by atoms with van der Waals surface area (Å²) in [6, 6.07) is 5.08. The van der Waals surface area contributed by atoms with Crippen molar-refractivity contribution < 1.29 is 4.92 Å². The summed E-state index contributed by atoms with van der Waals surface area (Å²) < 4.78 is 0. The molecule has 0 aromatic heterocycles. The number of nitro groups is 1. The standard InChI is InChI=1S/C12H15ClN2O2/c1-8-3-2-4-10(8)14-11-6-5-9(13)7-12(11)15(16)17/h5-8,10,14H,2-4H2,1H3. The summed E-state index contributed by atoms with van der Waals surface area (Å²) in [5, 5.41) is 14.6. The number of nitrogens with zero attached hydrogens (tertiary/aromatic N) is 1. The molecule has 1 aromatic rings. The minimum atomic E-state index is -0.395. The summed E-state index contributed by atoms with van der Waals surface area (Å²) in [6.45, 7) is 2.17. The number of halogens is 1. The predicted molar refractivity (Wildman–Crippen MR) is 68.5 cm³/mol. The summed E-state index contributed by atoms with van der Waals surface area (Å²) >= 11 is 5.77. The normalized spacial score (nSPS) is 23.6. The van der Waals surface area contributed by atoms with Gasteiger partial charge >= 0.3 is 0 Å². The second-order valence-electron chi connectivity index (χ2n) is 4.58. The summed E-state index contributed by atoms with van der Waals surface area (Å²) in [6.07, 6.45) is 3.43. The lowest BCUT2D eigenvalue weighted by Crippen LogP contribution is -2.22. The van der Waals surface area contributed by atoms with E-state index in [0.29, 0.717) is 22.7 Å². The maximum Gasteiger partial charge on any atom is 0.293 e. The van der Waals surface area contributed by atoms with E-state index in [1.807, 2.05) is 0 Å². The molecule has 0 amide bonds. The van der Waals surface area contributed by atoms with E-state index in [2.05, 4.69) is 12.2 Å². The Balaban J connectivity index is 2.22. The van der Waals surface area contributed by atoms with Crippen molar-refractivity contribution >= 4 is 23.0 Å². The van der Waals surface area contributed by atoms with Gasteiger partial charge in [-0.15, -0.1) is 0 Å². The first-order valence-electron chi connectivity index (χ1n) is 5.78. The SMILES string of the molecule is CC1CCCC1Nc1ccc(Cl)cc1[N+](=O)[O-]. The molecular weight excluding hydrogens is 240 g/mol. The average molecular weight is 255 g/mol. The van der Waals surface area contributed by atoms with Gasteiger partial charge in [0.15, 0.2) is 0 Å². The van der Waals surface area contributed by atoms with Gasteiger partial charge in [-0.1, -0.05) is 24.9 Å². The molecule has 17 heavy (non-hydrogen) atoms. The van der Waals surface area contributed by atoms with Gasteiger partial charge in [0.1, 0.15) is 5.69 Å². The number of rotatable bonds is 3. The first kappa shape index (κ1) is 12.2. The lowest BCUT2D eigenvalue weighted by Gasteiger charge is -2.18. The van der Waals surface area contributed by atoms with E-state index in [4.69, 9.17) is 11.6 Å². The second kappa shape index (κ2) is 4.92. The molecule has 0 aliphatic heterocycles. The first-order valence-corrected chi connectivity index (χ1v) is 6.16. The third-order valence-corrected chi connectivity index (χ3v) is 3.59. The molecule has 1 fully saturated rings. The van der Waals surface area contributed by atoms with Crippen LogP contribution in [-0.2, 0) is 0 Å². The zero-order valence-electron chi connectivity index (χ0n) is 9.65. The van der Waals surface area contributed by atoms with Gasteiger partial charge in [0.05, 0.1) is 4.92 Å². The summed E-state index contributed by atoms with van der Waals surface area (Å²) in [5.41, 5.74) is 0.620. The van der Waals surface area contributed by atoms with E-state index < -0.39 is 4.92 Å². The Morgan fingerprint density at radius 1 is 1.47 bits per heavy atom. The maximum atomic E-state index is 10.9. The van der Waals surface area contributed by atoms with Crippen LogP contribution in [-0.4, -0.2) is 11.0 Å². The van der Waals surface area contributed by atoms with Crippen LogP contribution in [0.4, 0.5) is 11.4 Å². The molecule has 1 aliphatic carbocycles. The number of hydrogen-bond acceptors (Lipinski definition) is 3. The largest absolute Gasteiger partial charge is 0.376 e. The van der Waals surface area contributed by atoms with E-state index in [9.17, 15) is 10.1 Å². The molecule has 0 radical (unpaired) electrons. The Morgan fingerprint density at radius 2 is 2.24 bits per heavy atom. The molecule has 1 aromatic carbocycles. The lowest BCUT2D eigenvalue weighted by molar-refractivity contribution is -0.384. The van der Waals surface area contributed by atoms with Crippen molar-refractivity contribution in [2.24, 2.45) is 5.92 Å². The van der Waals surface area contributed by atoms with Crippen LogP contribution >= 0.6 is 11.6 Å². The lowest BCUT2D eigenvalue weighted by atomic mass is 10.1.